The topological polar surface area (TPSA) is 37.3 Å². The Kier molecular flexibility index (Phi) is 2.11. The van der Waals surface area contributed by atoms with E-state index >= 15 is 0 Å². The van der Waals surface area contributed by atoms with E-state index in [1.807, 2.05) is 0 Å². The van der Waals surface area contributed by atoms with Gasteiger partial charge in [0.2, 0.25) is 0 Å². The number of aliphatic hydroxyl groups is 1. The van der Waals surface area contributed by atoms with Gasteiger partial charge in [0.25, 0.3) is 0 Å². The standard InChI is InChI=1S/C11H11FO2/c12-10-2-1-8(7-13)9(5-10)6-11(14)3-4-11/h1-2,5,7,14H,3-4,6H2. The first-order chi connectivity index (χ1) is 6.63. The van der Waals surface area contributed by atoms with Crippen LogP contribution in [0.1, 0.15) is 28.8 Å². The maximum Gasteiger partial charge on any atom is 0.150 e. The van der Waals surface area contributed by atoms with Crippen LogP contribution in [0, 0.1) is 5.82 Å². The number of rotatable bonds is 3. The van der Waals surface area contributed by atoms with E-state index in [0.29, 0.717) is 23.8 Å². The van der Waals surface area contributed by atoms with Gasteiger partial charge >= 0.3 is 0 Å². The molecule has 1 aromatic carbocycles. The Morgan fingerprint density at radius 2 is 2.21 bits per heavy atom. The van der Waals surface area contributed by atoms with Crippen molar-refractivity contribution in [3.05, 3.63) is 35.1 Å². The van der Waals surface area contributed by atoms with Crippen molar-refractivity contribution in [1.82, 2.24) is 0 Å². The van der Waals surface area contributed by atoms with Gasteiger partial charge in [-0.15, -0.1) is 0 Å². The van der Waals surface area contributed by atoms with Crippen LogP contribution in [-0.4, -0.2) is 17.0 Å². The zero-order chi connectivity index (χ0) is 10.2. The lowest BCUT2D eigenvalue weighted by Crippen LogP contribution is -2.12. The predicted molar refractivity (Wildman–Crippen MR) is 49.7 cm³/mol. The van der Waals surface area contributed by atoms with E-state index in [2.05, 4.69) is 0 Å². The Morgan fingerprint density at radius 1 is 1.50 bits per heavy atom. The number of benzene rings is 1. The van der Waals surface area contributed by atoms with Gasteiger partial charge in [0.05, 0.1) is 5.60 Å². The van der Waals surface area contributed by atoms with E-state index in [9.17, 15) is 14.3 Å². The molecule has 1 fully saturated rings. The summed E-state index contributed by atoms with van der Waals surface area (Å²) in [6.45, 7) is 0. The minimum atomic E-state index is -0.689. The number of carbonyl (C=O) groups excluding carboxylic acids is 1. The van der Waals surface area contributed by atoms with Crippen LogP contribution < -0.4 is 0 Å². The molecule has 0 aromatic heterocycles. The molecule has 0 saturated heterocycles. The largest absolute Gasteiger partial charge is 0.390 e. The molecule has 0 atom stereocenters. The maximum absolute atomic E-state index is 12.9. The van der Waals surface area contributed by atoms with E-state index in [1.54, 1.807) is 0 Å². The van der Waals surface area contributed by atoms with Crippen molar-refractivity contribution in [3.8, 4) is 0 Å². The fraction of sp³-hybridized carbons (Fsp3) is 0.364. The van der Waals surface area contributed by atoms with Crippen molar-refractivity contribution in [3.63, 3.8) is 0 Å². The second-order valence-electron chi connectivity index (χ2n) is 3.86. The van der Waals surface area contributed by atoms with Crippen LogP contribution in [0.2, 0.25) is 0 Å². The molecule has 0 amide bonds. The first kappa shape index (κ1) is 9.34. The van der Waals surface area contributed by atoms with Gasteiger partial charge in [-0.2, -0.15) is 0 Å². The monoisotopic (exact) mass is 194 g/mol. The summed E-state index contributed by atoms with van der Waals surface area (Å²) in [5.41, 5.74) is 0.373. The minimum Gasteiger partial charge on any atom is -0.390 e. The quantitative estimate of drug-likeness (QED) is 0.744. The molecule has 1 aromatic rings. The molecule has 0 spiro atoms. The van der Waals surface area contributed by atoms with E-state index < -0.39 is 5.60 Å². The van der Waals surface area contributed by atoms with Gasteiger partial charge in [0.1, 0.15) is 12.1 Å². The molecule has 0 radical (unpaired) electrons. The second-order valence-corrected chi connectivity index (χ2v) is 3.86. The Labute approximate surface area is 81.4 Å². The number of hydrogen-bond donors (Lipinski definition) is 1. The van der Waals surface area contributed by atoms with E-state index in [0.717, 1.165) is 12.8 Å². The Bertz CT molecular complexity index is 370. The molecule has 2 rings (SSSR count). The fourth-order valence-corrected chi connectivity index (χ4v) is 1.52. The van der Waals surface area contributed by atoms with Crippen molar-refractivity contribution in [2.24, 2.45) is 0 Å². The molecule has 0 unspecified atom stereocenters. The molecule has 1 N–H and O–H groups in total. The van der Waals surface area contributed by atoms with E-state index in [1.165, 1.54) is 18.2 Å². The highest BCUT2D eigenvalue weighted by Crippen LogP contribution is 2.38. The molecule has 1 aliphatic carbocycles. The predicted octanol–water partition coefficient (Wildman–Crippen LogP) is 1.71. The summed E-state index contributed by atoms with van der Waals surface area (Å²) in [6, 6.07) is 4.02. The Balaban J connectivity index is 2.29. The van der Waals surface area contributed by atoms with Crippen LogP contribution >= 0.6 is 0 Å². The molecule has 0 aliphatic heterocycles. The third-order valence-electron chi connectivity index (χ3n) is 2.58. The highest BCUT2D eigenvalue weighted by atomic mass is 19.1. The lowest BCUT2D eigenvalue weighted by molar-refractivity contribution is 0.112. The molecular formula is C11H11FO2. The number of halogens is 1. The Morgan fingerprint density at radius 3 is 2.79 bits per heavy atom. The molecule has 74 valence electrons. The van der Waals surface area contributed by atoms with Crippen LogP contribution in [-0.2, 0) is 6.42 Å². The van der Waals surface area contributed by atoms with Crippen molar-refractivity contribution >= 4 is 6.29 Å². The fourth-order valence-electron chi connectivity index (χ4n) is 1.52. The number of aldehydes is 1. The summed E-state index contributed by atoms with van der Waals surface area (Å²) in [4.78, 5) is 10.6. The zero-order valence-corrected chi connectivity index (χ0v) is 7.66. The van der Waals surface area contributed by atoms with Gasteiger partial charge in [-0.25, -0.2) is 4.39 Å². The lowest BCUT2D eigenvalue weighted by Gasteiger charge is -2.09. The van der Waals surface area contributed by atoms with Gasteiger partial charge in [-0.1, -0.05) is 0 Å². The third kappa shape index (κ3) is 1.82. The highest BCUT2D eigenvalue weighted by molar-refractivity contribution is 5.77. The first-order valence-electron chi connectivity index (χ1n) is 4.59. The Hall–Kier alpha value is -1.22. The molecule has 1 saturated carbocycles. The van der Waals surface area contributed by atoms with Crippen molar-refractivity contribution in [2.75, 3.05) is 0 Å². The summed E-state index contributed by atoms with van der Waals surface area (Å²) in [5.74, 6) is -0.366. The van der Waals surface area contributed by atoms with Crippen LogP contribution in [0.5, 0.6) is 0 Å². The second kappa shape index (κ2) is 3.17. The zero-order valence-electron chi connectivity index (χ0n) is 7.66. The van der Waals surface area contributed by atoms with E-state index in [4.69, 9.17) is 0 Å². The van der Waals surface area contributed by atoms with E-state index in [-0.39, 0.29) is 5.82 Å². The summed E-state index contributed by atoms with van der Waals surface area (Å²) >= 11 is 0. The maximum atomic E-state index is 12.9. The first-order valence-corrected chi connectivity index (χ1v) is 4.59. The summed E-state index contributed by atoms with van der Waals surface area (Å²) in [5, 5.41) is 9.65. The van der Waals surface area contributed by atoms with Crippen LogP contribution in [0.15, 0.2) is 18.2 Å². The molecule has 1 aliphatic rings. The van der Waals surface area contributed by atoms with Crippen molar-refractivity contribution in [2.45, 2.75) is 24.9 Å². The SMILES string of the molecule is O=Cc1ccc(F)cc1CC1(O)CC1. The number of carbonyl (C=O) groups is 1. The average molecular weight is 194 g/mol. The van der Waals surface area contributed by atoms with Gasteiger partial charge in [-0.05, 0) is 36.6 Å². The van der Waals surface area contributed by atoms with Crippen LogP contribution in [0.4, 0.5) is 4.39 Å². The smallest absolute Gasteiger partial charge is 0.150 e. The van der Waals surface area contributed by atoms with Gasteiger partial charge < -0.3 is 5.11 Å². The number of hydrogen-bond acceptors (Lipinski definition) is 2. The molecule has 14 heavy (non-hydrogen) atoms. The van der Waals surface area contributed by atoms with Crippen molar-refractivity contribution < 1.29 is 14.3 Å². The summed E-state index contributed by atoms with van der Waals surface area (Å²) < 4.78 is 12.9. The van der Waals surface area contributed by atoms with Gasteiger partial charge in [0.15, 0.2) is 0 Å². The van der Waals surface area contributed by atoms with Crippen LogP contribution in [0.25, 0.3) is 0 Å². The molecule has 3 heteroatoms. The van der Waals surface area contributed by atoms with Crippen molar-refractivity contribution in [1.29, 1.82) is 0 Å². The summed E-state index contributed by atoms with van der Waals surface area (Å²) in [7, 11) is 0. The van der Waals surface area contributed by atoms with Gasteiger partial charge in [-0.3, -0.25) is 4.79 Å². The lowest BCUT2D eigenvalue weighted by atomic mass is 10.0. The molecular weight excluding hydrogens is 183 g/mol. The van der Waals surface area contributed by atoms with Gasteiger partial charge in [0, 0.05) is 12.0 Å². The molecule has 0 heterocycles. The third-order valence-corrected chi connectivity index (χ3v) is 2.58. The normalized spacial score (nSPS) is 17.9. The average Bonchev–Trinajstić information content (AvgIpc) is 2.84. The minimum absolute atomic E-state index is 0.366. The molecule has 0 bridgehead atoms. The highest BCUT2D eigenvalue weighted by Gasteiger charge is 2.40. The molecule has 2 nitrogen and oxygen atoms in total. The summed E-state index contributed by atoms with van der Waals surface area (Å²) in [6.07, 6.45) is 2.54. The van der Waals surface area contributed by atoms with Crippen LogP contribution in [0.3, 0.4) is 0 Å².